The zero-order valence-electron chi connectivity index (χ0n) is 19.0. The number of amides is 1. The summed E-state index contributed by atoms with van der Waals surface area (Å²) in [6.45, 7) is 3.46. The van der Waals surface area contributed by atoms with Crippen LogP contribution in [0.2, 0.25) is 0 Å². The first kappa shape index (κ1) is 23.4. The van der Waals surface area contributed by atoms with E-state index in [-0.39, 0.29) is 23.0 Å². The highest BCUT2D eigenvalue weighted by Gasteiger charge is 2.26. The molecule has 2 heterocycles. The second-order valence-corrected chi connectivity index (χ2v) is 10.3. The van der Waals surface area contributed by atoms with E-state index >= 15 is 0 Å². The van der Waals surface area contributed by atoms with Crippen molar-refractivity contribution in [3.05, 3.63) is 54.1 Å². The van der Waals surface area contributed by atoms with Crippen LogP contribution in [0.15, 0.2) is 47.4 Å². The molecule has 2 aromatic carbocycles. The second kappa shape index (κ2) is 9.61. The Kier molecular flexibility index (Phi) is 6.81. The minimum absolute atomic E-state index is 0.0791. The molecule has 0 bridgehead atoms. The van der Waals surface area contributed by atoms with Crippen molar-refractivity contribution < 1.29 is 17.6 Å². The number of aromatic nitrogens is 2. The summed E-state index contributed by atoms with van der Waals surface area (Å²) in [7, 11) is -1.67. The third-order valence-corrected chi connectivity index (χ3v) is 8.11. The van der Waals surface area contributed by atoms with Gasteiger partial charge in [0.15, 0.2) is 0 Å². The summed E-state index contributed by atoms with van der Waals surface area (Å²) in [5.41, 5.74) is 2.08. The first-order valence-corrected chi connectivity index (χ1v) is 12.8. The van der Waals surface area contributed by atoms with Crippen LogP contribution in [0.1, 0.15) is 38.4 Å². The van der Waals surface area contributed by atoms with Gasteiger partial charge in [0, 0.05) is 45.2 Å². The predicted molar refractivity (Wildman–Crippen MR) is 126 cm³/mol. The number of hydrogen-bond donors (Lipinski definition) is 0. The summed E-state index contributed by atoms with van der Waals surface area (Å²) >= 11 is 0. The second-order valence-electron chi connectivity index (χ2n) is 8.32. The number of benzene rings is 2. The molecule has 0 N–H and O–H groups in total. The number of carbonyl (C=O) groups is 1. The lowest BCUT2D eigenvalue weighted by Crippen LogP contribution is -2.35. The molecule has 0 saturated carbocycles. The third-order valence-electron chi connectivity index (χ3n) is 6.22. The molecule has 1 aromatic heterocycles. The van der Waals surface area contributed by atoms with Gasteiger partial charge in [0.05, 0.1) is 15.9 Å². The molecule has 0 radical (unpaired) electrons. The molecule has 1 aliphatic rings. The molecule has 9 heteroatoms. The molecule has 7 nitrogen and oxygen atoms in total. The van der Waals surface area contributed by atoms with Crippen molar-refractivity contribution in [3.63, 3.8) is 0 Å². The fourth-order valence-electron chi connectivity index (χ4n) is 4.35. The maximum atomic E-state index is 13.2. The van der Waals surface area contributed by atoms with Crippen molar-refractivity contribution in [3.8, 4) is 0 Å². The average molecular weight is 473 g/mol. The van der Waals surface area contributed by atoms with Crippen molar-refractivity contribution in [2.24, 2.45) is 7.05 Å². The minimum atomic E-state index is -3.53. The van der Waals surface area contributed by atoms with E-state index in [1.54, 1.807) is 39.5 Å². The van der Waals surface area contributed by atoms with Crippen LogP contribution in [0.4, 0.5) is 10.1 Å². The summed E-state index contributed by atoms with van der Waals surface area (Å²) in [4.78, 5) is 19.3. The number of imidazole rings is 1. The number of sulfonamides is 1. The maximum absolute atomic E-state index is 13.2. The fourth-order valence-corrected chi connectivity index (χ4v) is 5.88. The van der Waals surface area contributed by atoms with Gasteiger partial charge in [-0.15, -0.1) is 0 Å². The number of anilines is 1. The van der Waals surface area contributed by atoms with E-state index in [9.17, 15) is 17.6 Å². The largest absolute Gasteiger partial charge is 0.331 e. The Bertz CT molecular complexity index is 1250. The quantitative estimate of drug-likeness (QED) is 0.523. The van der Waals surface area contributed by atoms with E-state index in [4.69, 9.17) is 0 Å². The van der Waals surface area contributed by atoms with Crippen LogP contribution in [0, 0.1) is 5.82 Å². The lowest BCUT2D eigenvalue weighted by atomic mass is 10.2. The number of aryl methyl sites for hydroxylation is 2. The monoisotopic (exact) mass is 472 g/mol. The molecular formula is C24H29FN4O3S. The zero-order valence-corrected chi connectivity index (χ0v) is 19.8. The van der Waals surface area contributed by atoms with E-state index in [1.165, 1.54) is 12.1 Å². The van der Waals surface area contributed by atoms with Crippen molar-refractivity contribution in [1.82, 2.24) is 13.9 Å². The third kappa shape index (κ3) is 4.79. The van der Waals surface area contributed by atoms with Gasteiger partial charge < -0.3 is 9.47 Å². The molecule has 176 valence electrons. The number of carbonyl (C=O) groups excluding carboxylic acids is 1. The van der Waals surface area contributed by atoms with Gasteiger partial charge in [-0.3, -0.25) is 4.79 Å². The molecule has 33 heavy (non-hydrogen) atoms. The summed E-state index contributed by atoms with van der Waals surface area (Å²) in [5.74, 6) is 0.286. The smallest absolute Gasteiger partial charge is 0.243 e. The average Bonchev–Trinajstić information content (AvgIpc) is 3.15. The highest BCUT2D eigenvalue weighted by Crippen LogP contribution is 2.25. The Morgan fingerprint density at radius 2 is 1.79 bits per heavy atom. The van der Waals surface area contributed by atoms with Crippen LogP contribution in [0.25, 0.3) is 11.0 Å². The highest BCUT2D eigenvalue weighted by molar-refractivity contribution is 7.89. The normalized spacial score (nSPS) is 15.1. The van der Waals surface area contributed by atoms with Gasteiger partial charge in [0.2, 0.25) is 15.9 Å². The SMILES string of the molecule is CCN(C(=O)CCc1nc2cc(S(=O)(=O)N3CCCCC3)ccc2n1C)c1ccc(F)cc1. The van der Waals surface area contributed by atoms with E-state index < -0.39 is 10.0 Å². The molecule has 0 unspecified atom stereocenters. The number of hydrogen-bond acceptors (Lipinski definition) is 4. The Labute approximate surface area is 193 Å². The van der Waals surface area contributed by atoms with Gasteiger partial charge in [-0.05, 0) is 62.2 Å². The molecule has 1 fully saturated rings. The molecule has 1 aliphatic heterocycles. The number of fused-ring (bicyclic) bond motifs is 1. The summed E-state index contributed by atoms with van der Waals surface area (Å²) in [6, 6.07) is 10.9. The molecule has 3 aromatic rings. The first-order valence-electron chi connectivity index (χ1n) is 11.3. The first-order chi connectivity index (χ1) is 15.8. The van der Waals surface area contributed by atoms with Gasteiger partial charge in [-0.25, -0.2) is 17.8 Å². The van der Waals surface area contributed by atoms with Crippen molar-refractivity contribution >= 4 is 32.7 Å². The Morgan fingerprint density at radius 1 is 1.09 bits per heavy atom. The van der Waals surface area contributed by atoms with E-state index in [2.05, 4.69) is 4.98 Å². The zero-order chi connectivity index (χ0) is 23.6. The molecular weight excluding hydrogens is 443 g/mol. The van der Waals surface area contributed by atoms with Gasteiger partial charge >= 0.3 is 0 Å². The molecule has 0 atom stereocenters. The van der Waals surface area contributed by atoms with Crippen LogP contribution < -0.4 is 4.90 Å². The van der Waals surface area contributed by atoms with Crippen LogP contribution in [0.3, 0.4) is 0 Å². The van der Waals surface area contributed by atoms with Crippen LogP contribution in [-0.4, -0.2) is 47.8 Å². The summed E-state index contributed by atoms with van der Waals surface area (Å²) in [5, 5.41) is 0. The van der Waals surface area contributed by atoms with Gasteiger partial charge in [-0.2, -0.15) is 4.31 Å². The predicted octanol–water partition coefficient (Wildman–Crippen LogP) is 3.87. The molecule has 0 aliphatic carbocycles. The fraction of sp³-hybridized carbons (Fsp3) is 0.417. The molecule has 0 spiro atoms. The summed E-state index contributed by atoms with van der Waals surface area (Å²) < 4.78 is 42.7. The van der Waals surface area contributed by atoms with E-state index in [1.807, 2.05) is 18.5 Å². The van der Waals surface area contributed by atoms with E-state index in [0.29, 0.717) is 43.1 Å². The Hall–Kier alpha value is -2.78. The lowest BCUT2D eigenvalue weighted by Gasteiger charge is -2.25. The van der Waals surface area contributed by atoms with Gasteiger partial charge in [0.25, 0.3) is 0 Å². The van der Waals surface area contributed by atoms with Crippen molar-refractivity contribution in [2.45, 2.75) is 43.9 Å². The molecule has 1 saturated heterocycles. The number of nitrogens with zero attached hydrogens (tertiary/aromatic N) is 4. The standard InChI is InChI=1S/C24H29FN4O3S/c1-3-29(19-9-7-18(25)8-10-19)24(30)14-13-23-26-21-17-20(11-12-22(21)27(23)2)33(31,32)28-15-5-4-6-16-28/h7-12,17H,3-6,13-16H2,1-2H3. The van der Waals surface area contributed by atoms with Gasteiger partial charge in [0.1, 0.15) is 11.6 Å². The molecule has 4 rings (SSSR count). The highest BCUT2D eigenvalue weighted by atomic mass is 32.2. The number of rotatable bonds is 7. The van der Waals surface area contributed by atoms with Crippen LogP contribution in [0.5, 0.6) is 0 Å². The van der Waals surface area contributed by atoms with Crippen molar-refractivity contribution in [2.75, 3.05) is 24.5 Å². The topological polar surface area (TPSA) is 75.5 Å². The maximum Gasteiger partial charge on any atom is 0.243 e. The Morgan fingerprint density at radius 3 is 2.45 bits per heavy atom. The van der Waals surface area contributed by atoms with Crippen LogP contribution >= 0.6 is 0 Å². The summed E-state index contributed by atoms with van der Waals surface area (Å²) in [6.07, 6.45) is 3.48. The molecule has 1 amide bonds. The van der Waals surface area contributed by atoms with Gasteiger partial charge in [-0.1, -0.05) is 6.42 Å². The number of halogens is 1. The number of piperidine rings is 1. The minimum Gasteiger partial charge on any atom is -0.331 e. The van der Waals surface area contributed by atoms with E-state index in [0.717, 1.165) is 24.8 Å². The van der Waals surface area contributed by atoms with Crippen LogP contribution in [-0.2, 0) is 28.3 Å². The lowest BCUT2D eigenvalue weighted by molar-refractivity contribution is -0.118. The van der Waals surface area contributed by atoms with Crippen molar-refractivity contribution in [1.29, 1.82) is 0 Å². The Balaban J connectivity index is 1.52.